The SMILES string of the molecule is C=CCSc1nc2c(c(=O)[nH]1)[C@H](c1cccs1)C(C(=O)OC)=C(C)N2. The number of anilines is 1. The third-order valence-electron chi connectivity index (χ3n) is 3.79. The Morgan fingerprint density at radius 2 is 2.36 bits per heavy atom. The lowest BCUT2D eigenvalue weighted by Gasteiger charge is -2.27. The Kier molecular flexibility index (Phi) is 5.10. The van der Waals surface area contributed by atoms with Gasteiger partial charge in [0.15, 0.2) is 5.16 Å². The number of fused-ring (bicyclic) bond motifs is 1. The molecule has 0 fully saturated rings. The number of nitrogens with one attached hydrogen (secondary N) is 2. The van der Waals surface area contributed by atoms with Crippen LogP contribution in [0.15, 0.2) is 51.4 Å². The van der Waals surface area contributed by atoms with Crippen molar-refractivity contribution in [3.63, 3.8) is 0 Å². The van der Waals surface area contributed by atoms with E-state index in [0.717, 1.165) is 4.88 Å². The van der Waals surface area contributed by atoms with Gasteiger partial charge in [0.1, 0.15) is 5.82 Å². The summed E-state index contributed by atoms with van der Waals surface area (Å²) in [5.74, 6) is 0.147. The van der Waals surface area contributed by atoms with Crippen LogP contribution < -0.4 is 10.9 Å². The highest BCUT2D eigenvalue weighted by Gasteiger charge is 2.36. The van der Waals surface area contributed by atoms with E-state index in [-0.39, 0.29) is 5.56 Å². The molecule has 0 unspecified atom stereocenters. The first-order valence-electron chi connectivity index (χ1n) is 7.54. The molecule has 1 aliphatic rings. The Hall–Kier alpha value is -2.32. The van der Waals surface area contributed by atoms with Crippen LogP contribution in [0.4, 0.5) is 5.82 Å². The fourth-order valence-corrected chi connectivity index (χ4v) is 4.20. The molecule has 2 aromatic heterocycles. The van der Waals surface area contributed by atoms with Crippen molar-refractivity contribution in [2.24, 2.45) is 0 Å². The molecule has 0 amide bonds. The van der Waals surface area contributed by atoms with Crippen molar-refractivity contribution in [2.75, 3.05) is 18.2 Å². The number of nitrogens with zero attached hydrogens (tertiary/aromatic N) is 1. The predicted molar refractivity (Wildman–Crippen MR) is 100 cm³/mol. The number of esters is 1. The Morgan fingerprint density at radius 3 is 3.00 bits per heavy atom. The van der Waals surface area contributed by atoms with Gasteiger partial charge in [0, 0.05) is 16.3 Å². The smallest absolute Gasteiger partial charge is 0.336 e. The summed E-state index contributed by atoms with van der Waals surface area (Å²) >= 11 is 2.87. The maximum absolute atomic E-state index is 12.8. The first kappa shape index (κ1) is 17.5. The normalized spacial score (nSPS) is 16.2. The molecule has 3 heterocycles. The van der Waals surface area contributed by atoms with Gasteiger partial charge in [-0.15, -0.1) is 17.9 Å². The van der Waals surface area contributed by atoms with E-state index in [9.17, 15) is 9.59 Å². The van der Waals surface area contributed by atoms with Crippen LogP contribution in [0.25, 0.3) is 0 Å². The lowest BCUT2D eigenvalue weighted by atomic mass is 9.86. The van der Waals surface area contributed by atoms with E-state index in [4.69, 9.17) is 4.74 Å². The minimum absolute atomic E-state index is 0.267. The van der Waals surface area contributed by atoms with Crippen molar-refractivity contribution >= 4 is 34.9 Å². The minimum Gasteiger partial charge on any atom is -0.466 e. The number of hydrogen-bond acceptors (Lipinski definition) is 7. The molecule has 0 aliphatic carbocycles. The van der Waals surface area contributed by atoms with Gasteiger partial charge in [0.05, 0.1) is 24.2 Å². The first-order chi connectivity index (χ1) is 12.1. The van der Waals surface area contributed by atoms with Crippen molar-refractivity contribution < 1.29 is 9.53 Å². The molecular weight excluding hydrogens is 358 g/mol. The molecule has 0 saturated carbocycles. The molecule has 8 heteroatoms. The van der Waals surface area contributed by atoms with Gasteiger partial charge in [0.2, 0.25) is 0 Å². The molecule has 1 atom stereocenters. The van der Waals surface area contributed by atoms with E-state index >= 15 is 0 Å². The second-order valence-electron chi connectivity index (χ2n) is 5.34. The number of hydrogen-bond donors (Lipinski definition) is 2. The maximum Gasteiger partial charge on any atom is 0.336 e. The molecular formula is C17H17N3O3S2. The third-order valence-corrected chi connectivity index (χ3v) is 5.60. The van der Waals surface area contributed by atoms with Gasteiger partial charge in [0.25, 0.3) is 5.56 Å². The number of carbonyl (C=O) groups excluding carboxylic acids is 1. The summed E-state index contributed by atoms with van der Waals surface area (Å²) in [4.78, 5) is 33.3. The summed E-state index contributed by atoms with van der Waals surface area (Å²) in [6, 6.07) is 3.79. The van der Waals surface area contributed by atoms with Gasteiger partial charge in [-0.05, 0) is 18.4 Å². The zero-order valence-corrected chi connectivity index (χ0v) is 15.4. The van der Waals surface area contributed by atoms with E-state index in [2.05, 4.69) is 21.9 Å². The van der Waals surface area contributed by atoms with Gasteiger partial charge >= 0.3 is 5.97 Å². The molecule has 25 heavy (non-hydrogen) atoms. The monoisotopic (exact) mass is 375 g/mol. The molecule has 130 valence electrons. The van der Waals surface area contributed by atoms with Gasteiger partial charge in [-0.1, -0.05) is 23.9 Å². The Morgan fingerprint density at radius 1 is 1.56 bits per heavy atom. The van der Waals surface area contributed by atoms with E-state index in [1.54, 1.807) is 13.0 Å². The van der Waals surface area contributed by atoms with Gasteiger partial charge in [-0.2, -0.15) is 0 Å². The van der Waals surface area contributed by atoms with Crippen LogP contribution >= 0.6 is 23.1 Å². The van der Waals surface area contributed by atoms with Crippen LogP contribution in [0.1, 0.15) is 23.3 Å². The van der Waals surface area contributed by atoms with Crippen LogP contribution in [-0.2, 0) is 9.53 Å². The first-order valence-corrected chi connectivity index (χ1v) is 9.40. The minimum atomic E-state index is -0.501. The number of rotatable bonds is 5. The summed E-state index contributed by atoms with van der Waals surface area (Å²) in [7, 11) is 1.33. The lowest BCUT2D eigenvalue weighted by molar-refractivity contribution is -0.136. The molecule has 2 N–H and O–H groups in total. The van der Waals surface area contributed by atoms with E-state index < -0.39 is 11.9 Å². The van der Waals surface area contributed by atoms with E-state index in [1.807, 2.05) is 17.5 Å². The maximum atomic E-state index is 12.8. The average molecular weight is 375 g/mol. The number of carbonyl (C=O) groups is 1. The van der Waals surface area contributed by atoms with E-state index in [0.29, 0.717) is 33.6 Å². The number of aromatic amines is 1. The molecule has 0 spiro atoms. The van der Waals surface area contributed by atoms with Gasteiger partial charge < -0.3 is 15.0 Å². The standard InChI is InChI=1S/C17H17N3O3S2/c1-4-7-25-17-19-14-13(15(21)20-17)12(10-6-5-8-24-10)11(9(2)18-14)16(22)23-3/h4-6,8,12H,1,7H2,2-3H3,(H2,18,19,20,21)/t12-/m1/s1. The van der Waals surface area contributed by atoms with E-state index in [1.165, 1.54) is 30.2 Å². The highest BCUT2D eigenvalue weighted by atomic mass is 32.2. The van der Waals surface area contributed by atoms with Gasteiger partial charge in [-0.25, -0.2) is 9.78 Å². The summed E-state index contributed by atoms with van der Waals surface area (Å²) in [5, 5.41) is 5.51. The van der Waals surface area contributed by atoms with Gasteiger partial charge in [-0.3, -0.25) is 4.79 Å². The summed E-state index contributed by atoms with van der Waals surface area (Å²) in [5.41, 5.74) is 1.22. The van der Waals surface area contributed by atoms with Crippen LogP contribution in [0.5, 0.6) is 0 Å². The zero-order valence-electron chi connectivity index (χ0n) is 13.8. The number of thiophene rings is 1. The van der Waals surface area contributed by atoms with Crippen LogP contribution in [-0.4, -0.2) is 28.8 Å². The topological polar surface area (TPSA) is 84.1 Å². The zero-order chi connectivity index (χ0) is 18.0. The van der Waals surface area contributed by atoms with Crippen molar-refractivity contribution in [1.82, 2.24) is 9.97 Å². The average Bonchev–Trinajstić information content (AvgIpc) is 3.12. The Labute approximate surface area is 153 Å². The predicted octanol–water partition coefficient (Wildman–Crippen LogP) is 3.11. The molecule has 0 aromatic carbocycles. The Bertz CT molecular complexity index is 900. The van der Waals surface area contributed by atoms with Crippen molar-refractivity contribution in [3.05, 3.63) is 62.2 Å². The number of H-pyrrole nitrogens is 1. The molecule has 0 radical (unpaired) electrons. The lowest BCUT2D eigenvalue weighted by Crippen LogP contribution is -2.30. The highest BCUT2D eigenvalue weighted by molar-refractivity contribution is 7.99. The summed E-state index contributed by atoms with van der Waals surface area (Å²) in [6.45, 7) is 5.46. The van der Waals surface area contributed by atoms with Crippen molar-refractivity contribution in [1.29, 1.82) is 0 Å². The number of allylic oxidation sites excluding steroid dienone is 1. The van der Waals surface area contributed by atoms with Crippen LogP contribution in [0.2, 0.25) is 0 Å². The number of methoxy groups -OCH3 is 1. The second-order valence-corrected chi connectivity index (χ2v) is 7.32. The highest BCUT2D eigenvalue weighted by Crippen LogP contribution is 2.41. The molecule has 6 nitrogen and oxygen atoms in total. The molecule has 1 aliphatic heterocycles. The molecule has 0 bridgehead atoms. The summed E-state index contributed by atoms with van der Waals surface area (Å²) < 4.78 is 4.94. The number of ether oxygens (including phenoxy) is 1. The molecule has 3 rings (SSSR count). The fourth-order valence-electron chi connectivity index (χ4n) is 2.76. The van der Waals surface area contributed by atoms with Crippen LogP contribution in [0.3, 0.4) is 0 Å². The fraction of sp³-hybridized carbons (Fsp3) is 0.235. The summed E-state index contributed by atoms with van der Waals surface area (Å²) in [6.07, 6.45) is 1.74. The largest absolute Gasteiger partial charge is 0.466 e. The number of thioether (sulfide) groups is 1. The Balaban J connectivity index is 2.18. The molecule has 2 aromatic rings. The number of aromatic nitrogens is 2. The van der Waals surface area contributed by atoms with Crippen molar-refractivity contribution in [3.8, 4) is 0 Å². The van der Waals surface area contributed by atoms with Crippen LogP contribution in [0, 0.1) is 0 Å². The quantitative estimate of drug-likeness (QED) is 0.362. The van der Waals surface area contributed by atoms with Crippen molar-refractivity contribution in [2.45, 2.75) is 18.0 Å². The second kappa shape index (κ2) is 7.28. The third kappa shape index (κ3) is 3.27. The molecule has 0 saturated heterocycles.